The molecule has 0 aromatic heterocycles. The molecule has 0 unspecified atom stereocenters. The number of allylic oxidation sites excluding steroid dienone is 1. The van der Waals surface area contributed by atoms with Crippen LogP contribution in [0.3, 0.4) is 0 Å². The van der Waals surface area contributed by atoms with Gasteiger partial charge in [-0.2, -0.15) is 0 Å². The highest BCUT2D eigenvalue weighted by Crippen LogP contribution is 1.98. The summed E-state index contributed by atoms with van der Waals surface area (Å²) < 4.78 is 4.98. The maximum absolute atomic E-state index is 4.98. The van der Waals surface area contributed by atoms with Gasteiger partial charge in [0.15, 0.2) is 0 Å². The summed E-state index contributed by atoms with van der Waals surface area (Å²) in [5.41, 5.74) is 2.35. The molecule has 0 radical (unpaired) electrons. The first kappa shape index (κ1) is 10.9. The Morgan fingerprint density at radius 1 is 1.36 bits per heavy atom. The highest BCUT2D eigenvalue weighted by Gasteiger charge is 1.82. The molecule has 0 amide bonds. The maximum Gasteiger partial charge on any atom is 0.0752 e. The number of hydrogen-bond donors (Lipinski definition) is 0. The Hall–Kier alpha value is -0.0831. The lowest BCUT2D eigenvalue weighted by atomic mass is 10.2. The second-order valence-electron chi connectivity index (χ2n) is 2.75. The number of rotatable bonds is 7. The molecule has 0 rings (SSSR count). The van der Waals surface area contributed by atoms with E-state index in [1.807, 2.05) is 0 Å². The fourth-order valence-electron chi connectivity index (χ4n) is 0.934. The van der Waals surface area contributed by atoms with Gasteiger partial charge in [-0.05, 0) is 12.8 Å². The summed E-state index contributed by atoms with van der Waals surface area (Å²) in [6.45, 7) is 2.24. The van der Waals surface area contributed by atoms with E-state index in [2.05, 4.69) is 18.7 Å². The Morgan fingerprint density at radius 2 is 2.18 bits per heavy atom. The molecule has 2 heteroatoms. The van der Waals surface area contributed by atoms with Crippen molar-refractivity contribution in [1.82, 2.24) is 0 Å². The van der Waals surface area contributed by atoms with Crippen LogP contribution in [-0.4, -0.2) is 22.9 Å². The highest BCUT2D eigenvalue weighted by atomic mass is 28.2. The Kier molecular flexibility index (Phi) is 9.84. The summed E-state index contributed by atoms with van der Waals surface area (Å²) in [6, 6.07) is 0. The molecule has 0 aromatic carbocycles. The third-order valence-electron chi connectivity index (χ3n) is 1.63. The average Bonchev–Trinajstić information content (AvgIpc) is 2.03. The molecule has 0 heterocycles. The second kappa shape index (κ2) is 9.92. The summed E-state index contributed by atoms with van der Waals surface area (Å²) in [4.78, 5) is 0. The fraction of sp³-hybridized carbons (Fsp3) is 0.778. The maximum atomic E-state index is 4.98. The molecule has 0 saturated carbocycles. The Labute approximate surface area is 72.7 Å². The summed E-state index contributed by atoms with van der Waals surface area (Å²) >= 11 is 0. The van der Waals surface area contributed by atoms with E-state index in [0.29, 0.717) is 0 Å². The van der Waals surface area contributed by atoms with E-state index in [4.69, 9.17) is 4.74 Å². The van der Waals surface area contributed by atoms with Gasteiger partial charge in [-0.15, -0.1) is 5.70 Å². The van der Waals surface area contributed by atoms with Crippen molar-refractivity contribution in [2.24, 2.45) is 0 Å². The molecule has 0 bridgehead atoms. The van der Waals surface area contributed by atoms with Crippen molar-refractivity contribution in [3.05, 3.63) is 11.8 Å². The molecular formula is C9H20OSi. The van der Waals surface area contributed by atoms with Crippen molar-refractivity contribution in [2.45, 2.75) is 32.6 Å². The zero-order chi connectivity index (χ0) is 8.36. The third kappa shape index (κ3) is 9.92. The van der Waals surface area contributed by atoms with Gasteiger partial charge in [0, 0.05) is 13.3 Å². The van der Waals surface area contributed by atoms with Crippen molar-refractivity contribution in [1.29, 1.82) is 0 Å². The molecule has 1 nitrogen and oxygen atoms in total. The van der Waals surface area contributed by atoms with Crippen molar-refractivity contribution < 1.29 is 4.74 Å². The van der Waals surface area contributed by atoms with Crippen molar-refractivity contribution in [2.75, 3.05) is 13.3 Å². The van der Waals surface area contributed by atoms with Gasteiger partial charge in [-0.1, -0.05) is 25.8 Å². The first-order valence-corrected chi connectivity index (χ1v) is 6.37. The van der Waals surface area contributed by atoms with Crippen LogP contribution in [0, 0.1) is 0 Å². The predicted octanol–water partition coefficient (Wildman–Crippen LogP) is 1.85. The van der Waals surface area contributed by atoms with Crippen LogP contribution in [0.4, 0.5) is 0 Å². The van der Waals surface area contributed by atoms with E-state index < -0.39 is 0 Å². The van der Waals surface area contributed by atoms with Gasteiger partial charge in [0.1, 0.15) is 0 Å². The van der Waals surface area contributed by atoms with Crippen LogP contribution in [0.15, 0.2) is 11.8 Å². The molecule has 0 aromatic rings. The minimum absolute atomic E-state index is 0.0257. The Bertz CT molecular complexity index is 91.6. The van der Waals surface area contributed by atoms with E-state index in [9.17, 15) is 0 Å². The summed E-state index contributed by atoms with van der Waals surface area (Å²) in [6.07, 6.45) is 8.63. The van der Waals surface area contributed by atoms with Gasteiger partial charge in [0.25, 0.3) is 0 Å². The molecule has 0 aliphatic rings. The zero-order valence-electron chi connectivity index (χ0n) is 7.81. The third-order valence-corrected chi connectivity index (χ3v) is 2.94. The summed E-state index contributed by atoms with van der Waals surface area (Å²) in [5, 5.41) is 0. The lowest BCUT2D eigenvalue weighted by Gasteiger charge is -1.92. The van der Waals surface area contributed by atoms with Crippen LogP contribution in [0.1, 0.15) is 32.6 Å². The smallest absolute Gasteiger partial charge is 0.0752 e. The van der Waals surface area contributed by atoms with Gasteiger partial charge in [-0.3, -0.25) is 0 Å². The summed E-state index contributed by atoms with van der Waals surface area (Å²) in [5.74, 6) is 0. The molecule has 0 fully saturated rings. The van der Waals surface area contributed by atoms with Gasteiger partial charge < -0.3 is 4.74 Å². The number of ether oxygens (including phenoxy) is 1. The van der Waals surface area contributed by atoms with E-state index in [1.165, 1.54) is 25.7 Å². The normalized spacial score (nSPS) is 12.2. The van der Waals surface area contributed by atoms with E-state index in [0.717, 1.165) is 6.23 Å². The van der Waals surface area contributed by atoms with Crippen LogP contribution in [0.2, 0.25) is 0 Å². The van der Waals surface area contributed by atoms with E-state index in [-0.39, 0.29) is 9.52 Å². The van der Waals surface area contributed by atoms with Gasteiger partial charge in [0.2, 0.25) is 0 Å². The average molecular weight is 172 g/mol. The van der Waals surface area contributed by atoms with E-state index >= 15 is 0 Å². The molecule has 0 atom stereocenters. The lowest BCUT2D eigenvalue weighted by molar-refractivity contribution is 0.252. The first-order chi connectivity index (χ1) is 5.41. The first-order valence-electron chi connectivity index (χ1n) is 4.55. The van der Waals surface area contributed by atoms with Crippen molar-refractivity contribution in [3.63, 3.8) is 0 Å². The van der Waals surface area contributed by atoms with E-state index in [1.54, 1.807) is 7.11 Å². The van der Waals surface area contributed by atoms with Crippen LogP contribution in [0.25, 0.3) is 0 Å². The zero-order valence-corrected chi connectivity index (χ0v) is 9.22. The monoisotopic (exact) mass is 172 g/mol. The number of hydrogen-bond acceptors (Lipinski definition) is 1. The standard InChI is InChI=1S/C9H20OSi/c1-3-4-5-6-7-8-11-9-10-2/h7-8H,3-6,9,11H2,1-2H3. The Balaban J connectivity index is 2.91. The van der Waals surface area contributed by atoms with Crippen LogP contribution >= 0.6 is 0 Å². The molecule has 11 heavy (non-hydrogen) atoms. The van der Waals surface area contributed by atoms with Gasteiger partial charge in [-0.25, -0.2) is 0 Å². The summed E-state index contributed by atoms with van der Waals surface area (Å²) in [7, 11) is 1.75. The minimum atomic E-state index is -0.0257. The number of unbranched alkanes of at least 4 members (excludes halogenated alkanes) is 3. The van der Waals surface area contributed by atoms with Crippen LogP contribution in [-0.2, 0) is 4.74 Å². The molecule has 0 spiro atoms. The molecule has 0 aliphatic carbocycles. The molecule has 0 aliphatic heterocycles. The topological polar surface area (TPSA) is 9.23 Å². The SMILES string of the molecule is CCCCCC=C[SiH2]COC. The van der Waals surface area contributed by atoms with Crippen LogP contribution < -0.4 is 0 Å². The predicted molar refractivity (Wildman–Crippen MR) is 53.7 cm³/mol. The number of methoxy groups -OCH3 is 1. The Morgan fingerprint density at radius 3 is 2.82 bits per heavy atom. The second-order valence-corrected chi connectivity index (χ2v) is 4.21. The highest BCUT2D eigenvalue weighted by molar-refractivity contribution is 6.41. The van der Waals surface area contributed by atoms with Crippen molar-refractivity contribution >= 4 is 9.52 Å². The van der Waals surface area contributed by atoms with Crippen LogP contribution in [0.5, 0.6) is 0 Å². The molecular weight excluding hydrogens is 152 g/mol. The van der Waals surface area contributed by atoms with Gasteiger partial charge >= 0.3 is 0 Å². The molecule has 0 N–H and O–H groups in total. The molecule has 0 saturated heterocycles. The quantitative estimate of drug-likeness (QED) is 0.421. The molecule has 66 valence electrons. The minimum Gasteiger partial charge on any atom is -0.388 e. The largest absolute Gasteiger partial charge is 0.388 e. The lowest BCUT2D eigenvalue weighted by Crippen LogP contribution is -1.96. The van der Waals surface area contributed by atoms with Gasteiger partial charge in [0.05, 0.1) is 9.52 Å². The fourth-order valence-corrected chi connectivity index (χ4v) is 1.78. The van der Waals surface area contributed by atoms with Crippen molar-refractivity contribution in [3.8, 4) is 0 Å².